The lowest BCUT2D eigenvalue weighted by Crippen LogP contribution is -2.48. The fourth-order valence-corrected chi connectivity index (χ4v) is 2.00. The number of nitrogens with zero attached hydrogens (tertiary/aromatic N) is 1. The molecule has 2 unspecified atom stereocenters. The number of amides is 1. The Balaban J connectivity index is 4.79. The molecule has 0 saturated carbocycles. The van der Waals surface area contributed by atoms with Gasteiger partial charge < -0.3 is 15.0 Å². The number of likely N-dealkylation sites (N-methyl/N-ethyl adjacent to an activating group) is 1. The van der Waals surface area contributed by atoms with Crippen molar-refractivity contribution in [2.45, 2.75) is 40.7 Å². The Morgan fingerprint density at radius 2 is 1.79 bits per heavy atom. The minimum atomic E-state index is -0.780. The molecule has 0 rings (SSSR count). The average molecular weight is 272 g/mol. The molecule has 0 aliphatic carbocycles. The van der Waals surface area contributed by atoms with E-state index in [4.69, 9.17) is 4.74 Å². The third-order valence-electron chi connectivity index (χ3n) is 2.68. The zero-order valence-corrected chi connectivity index (χ0v) is 13.2. The smallest absolute Gasteiger partial charge is 0.319 e. The van der Waals surface area contributed by atoms with E-state index in [1.54, 1.807) is 6.92 Å². The zero-order valence-electron chi connectivity index (χ0n) is 13.2. The van der Waals surface area contributed by atoms with Crippen LogP contribution in [0.2, 0.25) is 0 Å². The van der Waals surface area contributed by atoms with E-state index >= 15 is 0 Å². The van der Waals surface area contributed by atoms with E-state index < -0.39 is 17.3 Å². The highest BCUT2D eigenvalue weighted by Crippen LogP contribution is 2.27. The zero-order chi connectivity index (χ0) is 15.2. The number of nitrogens with one attached hydrogen (secondary N) is 1. The van der Waals surface area contributed by atoms with Crippen LogP contribution in [0.1, 0.15) is 34.6 Å². The van der Waals surface area contributed by atoms with Crippen LogP contribution >= 0.6 is 0 Å². The highest BCUT2D eigenvalue weighted by molar-refractivity contribution is 5.98. The predicted molar refractivity (Wildman–Crippen MR) is 75.7 cm³/mol. The summed E-state index contributed by atoms with van der Waals surface area (Å²) >= 11 is 0. The SMILES string of the molecule is CCOC(=O)C(C(=O)NC(C)CN(C)C)C(C)(C)C. The standard InChI is InChI=1S/C14H28N2O3/c1-8-19-13(18)11(14(3,4)5)12(17)15-10(2)9-16(6)7/h10-11H,8-9H2,1-7H3,(H,15,17). The minimum Gasteiger partial charge on any atom is -0.465 e. The lowest BCUT2D eigenvalue weighted by Gasteiger charge is -2.29. The molecule has 1 amide bonds. The highest BCUT2D eigenvalue weighted by atomic mass is 16.5. The third kappa shape index (κ3) is 6.57. The molecule has 2 atom stereocenters. The van der Waals surface area contributed by atoms with Crippen LogP contribution in [-0.4, -0.2) is 50.1 Å². The molecule has 0 heterocycles. The van der Waals surface area contributed by atoms with Crippen molar-refractivity contribution in [3.63, 3.8) is 0 Å². The maximum Gasteiger partial charge on any atom is 0.319 e. The van der Waals surface area contributed by atoms with Gasteiger partial charge in [-0.05, 0) is 33.4 Å². The normalized spacial score (nSPS) is 14.9. The van der Waals surface area contributed by atoms with E-state index in [1.165, 1.54) is 0 Å². The Hall–Kier alpha value is -1.10. The quantitative estimate of drug-likeness (QED) is 0.584. The first-order valence-corrected chi connectivity index (χ1v) is 6.71. The number of carbonyl (C=O) groups is 2. The molecule has 19 heavy (non-hydrogen) atoms. The molecule has 5 nitrogen and oxygen atoms in total. The van der Waals surface area contributed by atoms with E-state index in [-0.39, 0.29) is 18.6 Å². The minimum absolute atomic E-state index is 0.0122. The fraction of sp³-hybridized carbons (Fsp3) is 0.857. The lowest BCUT2D eigenvalue weighted by molar-refractivity contribution is -0.156. The van der Waals surface area contributed by atoms with Crippen LogP contribution in [0.25, 0.3) is 0 Å². The Morgan fingerprint density at radius 3 is 2.16 bits per heavy atom. The monoisotopic (exact) mass is 272 g/mol. The van der Waals surface area contributed by atoms with E-state index in [2.05, 4.69) is 5.32 Å². The molecule has 0 bridgehead atoms. The maximum absolute atomic E-state index is 12.3. The second-order valence-corrected chi connectivity index (χ2v) is 6.22. The number of hydrogen-bond donors (Lipinski definition) is 1. The third-order valence-corrected chi connectivity index (χ3v) is 2.68. The lowest BCUT2D eigenvalue weighted by atomic mass is 9.80. The van der Waals surface area contributed by atoms with Crippen molar-refractivity contribution < 1.29 is 14.3 Å². The molecular weight excluding hydrogens is 244 g/mol. The Morgan fingerprint density at radius 1 is 1.26 bits per heavy atom. The van der Waals surface area contributed by atoms with Gasteiger partial charge in [0.25, 0.3) is 0 Å². The van der Waals surface area contributed by atoms with E-state index in [0.717, 1.165) is 6.54 Å². The summed E-state index contributed by atoms with van der Waals surface area (Å²) in [4.78, 5) is 26.2. The van der Waals surface area contributed by atoms with Gasteiger partial charge in [-0.25, -0.2) is 0 Å². The van der Waals surface area contributed by atoms with Gasteiger partial charge in [0.05, 0.1) is 6.61 Å². The van der Waals surface area contributed by atoms with Gasteiger partial charge >= 0.3 is 5.97 Å². The molecule has 112 valence electrons. The Bertz CT molecular complexity index is 308. The van der Waals surface area contributed by atoms with E-state index in [9.17, 15) is 9.59 Å². The second kappa shape index (κ2) is 7.48. The topological polar surface area (TPSA) is 58.6 Å². The first-order valence-electron chi connectivity index (χ1n) is 6.71. The van der Waals surface area contributed by atoms with Gasteiger partial charge in [0.1, 0.15) is 5.92 Å². The number of ether oxygens (including phenoxy) is 1. The number of carbonyl (C=O) groups excluding carboxylic acids is 2. The molecule has 0 aliphatic rings. The van der Waals surface area contributed by atoms with Crippen LogP contribution in [0.4, 0.5) is 0 Å². The fourth-order valence-electron chi connectivity index (χ4n) is 2.00. The van der Waals surface area contributed by atoms with Gasteiger partial charge in [-0.15, -0.1) is 0 Å². The number of rotatable bonds is 6. The number of esters is 1. The first-order chi connectivity index (χ1) is 8.59. The van der Waals surface area contributed by atoms with Crippen molar-refractivity contribution in [2.75, 3.05) is 27.2 Å². The molecule has 0 saturated heterocycles. The summed E-state index contributed by atoms with van der Waals surface area (Å²) in [5.41, 5.74) is -0.464. The van der Waals surface area contributed by atoms with Gasteiger partial charge in [0, 0.05) is 12.6 Å². The molecule has 0 aromatic carbocycles. The van der Waals surface area contributed by atoms with Crippen molar-refractivity contribution in [3.05, 3.63) is 0 Å². The van der Waals surface area contributed by atoms with Crippen LogP contribution in [-0.2, 0) is 14.3 Å². The van der Waals surface area contributed by atoms with Crippen molar-refractivity contribution in [1.82, 2.24) is 10.2 Å². The summed E-state index contributed by atoms with van der Waals surface area (Å²) in [6, 6.07) is -0.0122. The summed E-state index contributed by atoms with van der Waals surface area (Å²) in [6.07, 6.45) is 0. The van der Waals surface area contributed by atoms with Crippen LogP contribution in [0.3, 0.4) is 0 Å². The largest absolute Gasteiger partial charge is 0.465 e. The van der Waals surface area contributed by atoms with Crippen LogP contribution in [0.5, 0.6) is 0 Å². The summed E-state index contributed by atoms with van der Waals surface area (Å²) in [7, 11) is 3.88. The molecule has 0 aliphatic heterocycles. The average Bonchev–Trinajstić information content (AvgIpc) is 2.12. The van der Waals surface area contributed by atoms with Crippen LogP contribution in [0, 0.1) is 11.3 Å². The molecule has 5 heteroatoms. The van der Waals surface area contributed by atoms with E-state index in [0.29, 0.717) is 0 Å². The summed E-state index contributed by atoms with van der Waals surface area (Å²) in [6.45, 7) is 10.3. The van der Waals surface area contributed by atoms with E-state index in [1.807, 2.05) is 46.7 Å². The van der Waals surface area contributed by atoms with Crippen molar-refractivity contribution in [1.29, 1.82) is 0 Å². The highest BCUT2D eigenvalue weighted by Gasteiger charge is 2.39. The number of hydrogen-bond acceptors (Lipinski definition) is 4. The Kier molecular flexibility index (Phi) is 7.05. The molecule has 0 spiro atoms. The van der Waals surface area contributed by atoms with Gasteiger partial charge in [0.15, 0.2) is 0 Å². The summed E-state index contributed by atoms with van der Waals surface area (Å²) in [5, 5.41) is 2.88. The Labute approximate surface area is 116 Å². The molecule has 0 aromatic heterocycles. The van der Waals surface area contributed by atoms with Gasteiger partial charge in [-0.1, -0.05) is 20.8 Å². The maximum atomic E-state index is 12.3. The molecular formula is C14H28N2O3. The van der Waals surface area contributed by atoms with Gasteiger partial charge in [-0.2, -0.15) is 0 Å². The van der Waals surface area contributed by atoms with Gasteiger partial charge in [0.2, 0.25) is 5.91 Å². The van der Waals surface area contributed by atoms with Crippen molar-refractivity contribution in [2.24, 2.45) is 11.3 Å². The molecule has 0 fully saturated rings. The molecule has 0 aromatic rings. The molecule has 0 radical (unpaired) electrons. The van der Waals surface area contributed by atoms with Crippen molar-refractivity contribution >= 4 is 11.9 Å². The summed E-state index contributed by atoms with van der Waals surface area (Å²) in [5.74, 6) is -1.50. The van der Waals surface area contributed by atoms with Crippen LogP contribution < -0.4 is 5.32 Å². The summed E-state index contributed by atoms with van der Waals surface area (Å²) < 4.78 is 5.00. The van der Waals surface area contributed by atoms with Gasteiger partial charge in [-0.3, -0.25) is 9.59 Å². The second-order valence-electron chi connectivity index (χ2n) is 6.22. The van der Waals surface area contributed by atoms with Crippen molar-refractivity contribution in [3.8, 4) is 0 Å². The first kappa shape index (κ1) is 17.9. The predicted octanol–water partition coefficient (Wildman–Crippen LogP) is 1.28. The van der Waals surface area contributed by atoms with Crippen LogP contribution in [0.15, 0.2) is 0 Å². The molecule has 1 N–H and O–H groups in total.